The van der Waals surface area contributed by atoms with E-state index in [1.54, 1.807) is 17.4 Å². The Balaban J connectivity index is 2.44. The van der Waals surface area contributed by atoms with E-state index in [-0.39, 0.29) is 6.04 Å². The number of rotatable bonds is 3. The van der Waals surface area contributed by atoms with Crippen LogP contribution in [0.2, 0.25) is 10.0 Å². The molecule has 0 saturated heterocycles. The van der Waals surface area contributed by atoms with E-state index in [1.165, 1.54) is 4.88 Å². The van der Waals surface area contributed by atoms with Gasteiger partial charge in [0, 0.05) is 19.4 Å². The Hall–Kier alpha value is 0.420. The van der Waals surface area contributed by atoms with Gasteiger partial charge >= 0.3 is 0 Å². The van der Waals surface area contributed by atoms with Gasteiger partial charge in [0.15, 0.2) is 0 Å². The topological polar surface area (TPSA) is 12.0 Å². The summed E-state index contributed by atoms with van der Waals surface area (Å²) in [5.41, 5.74) is 1.05. The van der Waals surface area contributed by atoms with E-state index in [9.17, 15) is 0 Å². The van der Waals surface area contributed by atoms with Crippen LogP contribution >= 0.6 is 66.4 Å². The molecule has 2 rings (SSSR count). The van der Waals surface area contributed by atoms with Crippen molar-refractivity contribution in [2.45, 2.75) is 6.04 Å². The predicted octanol–water partition coefficient (Wildman–Crippen LogP) is 5.89. The molecule has 0 bridgehead atoms. The van der Waals surface area contributed by atoms with Gasteiger partial charge in [-0.05, 0) is 68.7 Å². The molecule has 0 amide bonds. The summed E-state index contributed by atoms with van der Waals surface area (Å²) in [6.45, 7) is 0. The van der Waals surface area contributed by atoms with Gasteiger partial charge < -0.3 is 5.32 Å². The van der Waals surface area contributed by atoms with Crippen molar-refractivity contribution in [2.75, 3.05) is 7.05 Å². The highest BCUT2D eigenvalue weighted by atomic mass is 79.9. The average Bonchev–Trinajstić information content (AvgIpc) is 2.58. The van der Waals surface area contributed by atoms with Crippen molar-refractivity contribution in [3.8, 4) is 0 Å². The molecule has 1 aromatic carbocycles. The van der Waals surface area contributed by atoms with E-state index in [4.69, 9.17) is 23.2 Å². The van der Waals surface area contributed by atoms with Gasteiger partial charge in [-0.2, -0.15) is 0 Å². The molecule has 1 nitrogen and oxygen atoms in total. The van der Waals surface area contributed by atoms with Crippen molar-refractivity contribution in [1.82, 2.24) is 5.32 Å². The molecule has 0 fully saturated rings. The van der Waals surface area contributed by atoms with E-state index in [1.807, 2.05) is 19.2 Å². The first-order valence-electron chi connectivity index (χ1n) is 5.09. The summed E-state index contributed by atoms with van der Waals surface area (Å²) in [5.74, 6) is 0. The molecular formula is C12H9Br2Cl2NS. The Morgan fingerprint density at radius 1 is 1.11 bits per heavy atom. The maximum Gasteiger partial charge on any atom is 0.0843 e. The standard InChI is InChI=1S/C12H9Br2Cl2NS/c1-17-11(10-5-9(13)12(14)18-10)6-2-7(15)4-8(16)3-6/h2-5,11,17H,1H3. The SMILES string of the molecule is CNC(c1cc(Cl)cc(Cl)c1)c1cc(Br)c(Br)s1. The number of thiophene rings is 1. The van der Waals surface area contributed by atoms with Gasteiger partial charge in [0.25, 0.3) is 0 Å². The number of halogens is 4. The molecule has 1 atom stereocenters. The summed E-state index contributed by atoms with van der Waals surface area (Å²) >= 11 is 20.8. The Kier molecular flexibility index (Phi) is 5.14. The van der Waals surface area contributed by atoms with E-state index >= 15 is 0 Å². The molecule has 0 saturated carbocycles. The zero-order chi connectivity index (χ0) is 13.3. The van der Waals surface area contributed by atoms with E-state index < -0.39 is 0 Å². The zero-order valence-electron chi connectivity index (χ0n) is 9.31. The van der Waals surface area contributed by atoms with Gasteiger partial charge in [-0.3, -0.25) is 0 Å². The maximum atomic E-state index is 6.05. The monoisotopic (exact) mass is 427 g/mol. The molecule has 2 aromatic rings. The quantitative estimate of drug-likeness (QED) is 0.641. The first kappa shape index (κ1) is 14.8. The van der Waals surface area contributed by atoms with Crippen molar-refractivity contribution in [2.24, 2.45) is 0 Å². The van der Waals surface area contributed by atoms with Crippen LogP contribution < -0.4 is 5.32 Å². The summed E-state index contributed by atoms with van der Waals surface area (Å²) in [5, 5.41) is 4.57. The first-order chi connectivity index (χ1) is 8.51. The van der Waals surface area contributed by atoms with Crippen LogP contribution in [0.5, 0.6) is 0 Å². The molecule has 0 spiro atoms. The lowest BCUT2D eigenvalue weighted by molar-refractivity contribution is 0.704. The third kappa shape index (κ3) is 3.30. The minimum Gasteiger partial charge on any atom is -0.309 e. The Morgan fingerprint density at radius 2 is 1.72 bits per heavy atom. The number of hydrogen-bond donors (Lipinski definition) is 1. The molecular weight excluding hydrogens is 421 g/mol. The van der Waals surface area contributed by atoms with Crippen LogP contribution in [0.1, 0.15) is 16.5 Å². The zero-order valence-corrected chi connectivity index (χ0v) is 14.8. The molecule has 1 N–H and O–H groups in total. The van der Waals surface area contributed by atoms with Crippen LogP contribution in [0.3, 0.4) is 0 Å². The van der Waals surface area contributed by atoms with Crippen LogP contribution in [0, 0.1) is 0 Å². The largest absolute Gasteiger partial charge is 0.309 e. The molecule has 96 valence electrons. The van der Waals surface area contributed by atoms with E-state index in [0.717, 1.165) is 13.8 Å². The fourth-order valence-corrected chi connectivity index (χ4v) is 4.49. The highest BCUT2D eigenvalue weighted by Gasteiger charge is 2.17. The summed E-state index contributed by atoms with van der Waals surface area (Å²) < 4.78 is 2.13. The van der Waals surface area contributed by atoms with Crippen molar-refractivity contribution >= 4 is 66.4 Å². The second-order valence-electron chi connectivity index (χ2n) is 3.69. The van der Waals surface area contributed by atoms with Crippen molar-refractivity contribution in [1.29, 1.82) is 0 Å². The van der Waals surface area contributed by atoms with Crippen LogP contribution in [-0.2, 0) is 0 Å². The van der Waals surface area contributed by atoms with Gasteiger partial charge in [-0.1, -0.05) is 23.2 Å². The maximum absolute atomic E-state index is 6.05. The third-order valence-corrected chi connectivity index (χ3v) is 6.21. The molecule has 0 aliphatic carbocycles. The average molecular weight is 430 g/mol. The first-order valence-corrected chi connectivity index (χ1v) is 8.25. The summed E-state index contributed by atoms with van der Waals surface area (Å²) in [6, 6.07) is 7.75. The molecule has 1 heterocycles. The Labute approximate surface area is 137 Å². The molecule has 0 aliphatic rings. The van der Waals surface area contributed by atoms with Crippen molar-refractivity contribution in [3.05, 3.63) is 53.0 Å². The molecule has 1 aromatic heterocycles. The number of hydrogen-bond acceptors (Lipinski definition) is 2. The minimum atomic E-state index is 0.0776. The highest BCUT2D eigenvalue weighted by Crippen LogP contribution is 2.38. The lowest BCUT2D eigenvalue weighted by Crippen LogP contribution is -2.16. The fraction of sp³-hybridized carbons (Fsp3) is 0.167. The Morgan fingerprint density at radius 3 is 2.17 bits per heavy atom. The fourth-order valence-electron chi connectivity index (χ4n) is 1.72. The van der Waals surface area contributed by atoms with Crippen molar-refractivity contribution < 1.29 is 0 Å². The van der Waals surface area contributed by atoms with Gasteiger partial charge in [-0.15, -0.1) is 11.3 Å². The van der Waals surface area contributed by atoms with Gasteiger partial charge in [0.2, 0.25) is 0 Å². The normalized spacial score (nSPS) is 12.7. The van der Waals surface area contributed by atoms with Gasteiger partial charge in [0.1, 0.15) is 0 Å². The molecule has 0 aliphatic heterocycles. The molecule has 18 heavy (non-hydrogen) atoms. The van der Waals surface area contributed by atoms with Gasteiger partial charge in [0.05, 0.1) is 9.83 Å². The van der Waals surface area contributed by atoms with Crippen LogP contribution in [0.25, 0.3) is 0 Å². The Bertz CT molecular complexity index is 531. The lowest BCUT2D eigenvalue weighted by Gasteiger charge is -2.15. The van der Waals surface area contributed by atoms with Crippen molar-refractivity contribution in [3.63, 3.8) is 0 Å². The molecule has 0 radical (unpaired) electrons. The van der Waals surface area contributed by atoms with Crippen LogP contribution in [0.4, 0.5) is 0 Å². The second-order valence-corrected chi connectivity index (χ2v) is 7.82. The second kappa shape index (κ2) is 6.25. The van der Waals surface area contributed by atoms with E-state index in [0.29, 0.717) is 10.0 Å². The minimum absolute atomic E-state index is 0.0776. The predicted molar refractivity (Wildman–Crippen MR) is 87.1 cm³/mol. The smallest absolute Gasteiger partial charge is 0.0843 e. The molecule has 1 unspecified atom stereocenters. The van der Waals surface area contributed by atoms with Gasteiger partial charge in [-0.25, -0.2) is 0 Å². The molecule has 6 heteroatoms. The van der Waals surface area contributed by atoms with Crippen LogP contribution in [0.15, 0.2) is 32.5 Å². The van der Waals surface area contributed by atoms with E-state index in [2.05, 4.69) is 43.2 Å². The lowest BCUT2D eigenvalue weighted by atomic mass is 10.1. The third-order valence-electron chi connectivity index (χ3n) is 2.46. The summed E-state index contributed by atoms with van der Waals surface area (Å²) in [4.78, 5) is 1.19. The summed E-state index contributed by atoms with van der Waals surface area (Å²) in [6.07, 6.45) is 0. The van der Waals surface area contributed by atoms with Crippen LogP contribution in [-0.4, -0.2) is 7.05 Å². The summed E-state index contributed by atoms with van der Waals surface area (Å²) in [7, 11) is 1.92. The number of benzene rings is 1. The highest BCUT2D eigenvalue weighted by molar-refractivity contribution is 9.13. The number of nitrogens with one attached hydrogen (secondary N) is 1.